The largest absolute Gasteiger partial charge is 0.398 e. The maximum absolute atomic E-state index is 12.5. The number of nitrogens with two attached hydrogens (primary N) is 1. The van der Waals surface area contributed by atoms with Crippen molar-refractivity contribution in [1.29, 1.82) is 0 Å². The number of piperazine rings is 1. The highest BCUT2D eigenvalue weighted by Gasteiger charge is 2.32. The second kappa shape index (κ2) is 5.10. The highest BCUT2D eigenvalue weighted by molar-refractivity contribution is 9.10. The average molecular weight is 348 g/mol. The molecule has 0 unspecified atom stereocenters. The predicted molar refractivity (Wildman–Crippen MR) is 75.0 cm³/mol. The lowest BCUT2D eigenvalue weighted by Gasteiger charge is -2.31. The van der Waals surface area contributed by atoms with Gasteiger partial charge in [-0.05, 0) is 18.2 Å². The first kappa shape index (κ1) is 14.3. The zero-order valence-corrected chi connectivity index (χ0v) is 12.7. The number of carbonyl (C=O) groups is 1. The van der Waals surface area contributed by atoms with E-state index in [4.69, 9.17) is 5.73 Å². The quantitative estimate of drug-likeness (QED) is 0.789. The monoisotopic (exact) mass is 347 g/mol. The summed E-state index contributed by atoms with van der Waals surface area (Å²) in [6.07, 6.45) is 0. The number of hydrogen-bond acceptors (Lipinski definition) is 4. The van der Waals surface area contributed by atoms with Crippen LogP contribution in [-0.4, -0.2) is 50.2 Å². The molecule has 0 bridgehead atoms. The van der Waals surface area contributed by atoms with Crippen LogP contribution in [0.25, 0.3) is 0 Å². The van der Waals surface area contributed by atoms with Crippen molar-refractivity contribution >= 4 is 37.5 Å². The van der Waals surface area contributed by atoms with Crippen molar-refractivity contribution in [2.45, 2.75) is 4.90 Å². The molecule has 0 atom stereocenters. The number of likely N-dealkylation sites (N-methyl/N-ethyl adjacent to an activating group) is 1. The van der Waals surface area contributed by atoms with Crippen LogP contribution >= 0.6 is 15.9 Å². The Balaban J connectivity index is 2.37. The molecule has 19 heavy (non-hydrogen) atoms. The molecule has 6 nitrogen and oxygen atoms in total. The minimum absolute atomic E-state index is 0.0271. The molecule has 1 heterocycles. The van der Waals surface area contributed by atoms with Gasteiger partial charge in [-0.1, -0.05) is 15.9 Å². The van der Waals surface area contributed by atoms with Gasteiger partial charge in [-0.15, -0.1) is 0 Å². The van der Waals surface area contributed by atoms with Crippen LogP contribution < -0.4 is 5.73 Å². The van der Waals surface area contributed by atoms with E-state index >= 15 is 0 Å². The first-order valence-electron chi connectivity index (χ1n) is 5.61. The molecule has 2 rings (SSSR count). The lowest BCUT2D eigenvalue weighted by molar-refractivity contribution is -0.132. The van der Waals surface area contributed by atoms with Crippen LogP contribution in [0, 0.1) is 0 Å². The molecule has 1 amide bonds. The van der Waals surface area contributed by atoms with Gasteiger partial charge < -0.3 is 10.6 Å². The molecule has 2 N–H and O–H groups in total. The van der Waals surface area contributed by atoms with Gasteiger partial charge in [0.05, 0.1) is 12.2 Å². The molecule has 0 saturated carbocycles. The van der Waals surface area contributed by atoms with Gasteiger partial charge in [-0.2, -0.15) is 4.31 Å². The third kappa shape index (κ3) is 2.75. The molecule has 104 valence electrons. The Morgan fingerprint density at radius 2 is 2.00 bits per heavy atom. The number of hydrogen-bond donors (Lipinski definition) is 1. The Bertz CT molecular complexity index is 618. The van der Waals surface area contributed by atoms with Gasteiger partial charge in [0.25, 0.3) is 0 Å². The van der Waals surface area contributed by atoms with Gasteiger partial charge in [0, 0.05) is 24.6 Å². The Morgan fingerprint density at radius 1 is 1.32 bits per heavy atom. The number of nitrogen functional groups attached to an aromatic ring is 1. The van der Waals surface area contributed by atoms with E-state index in [1.807, 2.05) is 0 Å². The summed E-state index contributed by atoms with van der Waals surface area (Å²) in [7, 11) is -2.09. The third-order valence-corrected chi connectivity index (χ3v) is 5.41. The van der Waals surface area contributed by atoms with Gasteiger partial charge in [-0.25, -0.2) is 8.42 Å². The normalized spacial score (nSPS) is 17.8. The first-order chi connectivity index (χ1) is 8.82. The molecule has 0 aromatic heterocycles. The summed E-state index contributed by atoms with van der Waals surface area (Å²) in [4.78, 5) is 13.2. The zero-order chi connectivity index (χ0) is 14.2. The van der Waals surface area contributed by atoms with Crippen LogP contribution in [-0.2, 0) is 14.8 Å². The number of rotatable bonds is 2. The van der Waals surface area contributed by atoms with Crippen molar-refractivity contribution < 1.29 is 13.2 Å². The molecule has 1 aliphatic rings. The van der Waals surface area contributed by atoms with Crippen molar-refractivity contribution in [2.75, 3.05) is 32.4 Å². The van der Waals surface area contributed by atoms with Crippen LogP contribution in [0.15, 0.2) is 27.6 Å². The Labute approximate surface area is 120 Å². The van der Waals surface area contributed by atoms with Crippen LogP contribution in [0.3, 0.4) is 0 Å². The van der Waals surface area contributed by atoms with E-state index in [0.717, 1.165) is 4.31 Å². The van der Waals surface area contributed by atoms with Gasteiger partial charge in [0.1, 0.15) is 4.90 Å². The second-order valence-corrected chi connectivity index (χ2v) is 7.16. The second-order valence-electron chi connectivity index (χ2n) is 4.34. The van der Waals surface area contributed by atoms with E-state index in [2.05, 4.69) is 15.9 Å². The molecule has 1 saturated heterocycles. The summed E-state index contributed by atoms with van der Waals surface area (Å²) in [5.41, 5.74) is 5.90. The van der Waals surface area contributed by atoms with Crippen molar-refractivity contribution in [1.82, 2.24) is 9.21 Å². The standard InChI is InChI=1S/C11H14BrN3O3S/c1-14-4-5-15(7-11(14)16)19(17,18)10-6-8(12)2-3-9(10)13/h2-3,6H,4-5,7,13H2,1H3. The van der Waals surface area contributed by atoms with Crippen molar-refractivity contribution in [3.05, 3.63) is 22.7 Å². The van der Waals surface area contributed by atoms with Crippen LogP contribution in [0.1, 0.15) is 0 Å². The minimum atomic E-state index is -3.74. The number of amides is 1. The van der Waals surface area contributed by atoms with E-state index in [-0.39, 0.29) is 29.6 Å². The summed E-state index contributed by atoms with van der Waals surface area (Å²) in [6.45, 7) is 0.507. The van der Waals surface area contributed by atoms with E-state index in [1.165, 1.54) is 17.0 Å². The SMILES string of the molecule is CN1CCN(S(=O)(=O)c2cc(Br)ccc2N)CC1=O. The highest BCUT2D eigenvalue weighted by atomic mass is 79.9. The topological polar surface area (TPSA) is 83.7 Å². The molecule has 1 fully saturated rings. The maximum atomic E-state index is 12.5. The van der Waals surface area contributed by atoms with Crippen LogP contribution in [0.2, 0.25) is 0 Å². The number of nitrogens with zero attached hydrogens (tertiary/aromatic N) is 2. The Morgan fingerprint density at radius 3 is 2.63 bits per heavy atom. The van der Waals surface area contributed by atoms with E-state index in [9.17, 15) is 13.2 Å². The van der Waals surface area contributed by atoms with Gasteiger partial charge in [0.2, 0.25) is 15.9 Å². The van der Waals surface area contributed by atoms with E-state index in [0.29, 0.717) is 11.0 Å². The molecule has 0 aliphatic carbocycles. The summed E-state index contributed by atoms with van der Waals surface area (Å²) >= 11 is 3.22. The van der Waals surface area contributed by atoms with E-state index in [1.54, 1.807) is 13.1 Å². The molecule has 1 aliphatic heterocycles. The number of anilines is 1. The Kier molecular flexibility index (Phi) is 3.84. The summed E-state index contributed by atoms with van der Waals surface area (Å²) < 4.78 is 26.7. The molecule has 1 aromatic carbocycles. The predicted octanol–water partition coefficient (Wildman–Crippen LogP) is 0.494. The maximum Gasteiger partial charge on any atom is 0.245 e. The number of halogens is 1. The van der Waals surface area contributed by atoms with Gasteiger partial charge in [-0.3, -0.25) is 4.79 Å². The first-order valence-corrected chi connectivity index (χ1v) is 7.85. The van der Waals surface area contributed by atoms with Crippen molar-refractivity contribution in [3.8, 4) is 0 Å². The molecular formula is C11H14BrN3O3S. The lowest BCUT2D eigenvalue weighted by Crippen LogP contribution is -2.50. The zero-order valence-electron chi connectivity index (χ0n) is 10.3. The van der Waals surface area contributed by atoms with Gasteiger partial charge >= 0.3 is 0 Å². The molecule has 0 spiro atoms. The van der Waals surface area contributed by atoms with Crippen molar-refractivity contribution in [2.24, 2.45) is 0 Å². The summed E-state index contributed by atoms with van der Waals surface area (Å²) in [5.74, 6) is -0.219. The number of sulfonamides is 1. The number of carbonyl (C=O) groups excluding carboxylic acids is 1. The van der Waals surface area contributed by atoms with Crippen LogP contribution in [0.4, 0.5) is 5.69 Å². The third-order valence-electron chi connectivity index (χ3n) is 3.02. The average Bonchev–Trinajstić information content (AvgIpc) is 2.35. The fraction of sp³-hybridized carbons (Fsp3) is 0.364. The Hall–Kier alpha value is -1.12. The fourth-order valence-corrected chi connectivity index (χ4v) is 3.85. The minimum Gasteiger partial charge on any atom is -0.398 e. The smallest absolute Gasteiger partial charge is 0.245 e. The lowest BCUT2D eigenvalue weighted by atomic mass is 10.3. The molecule has 8 heteroatoms. The summed E-state index contributed by atoms with van der Waals surface area (Å²) in [5, 5.41) is 0. The van der Waals surface area contributed by atoms with Crippen LogP contribution in [0.5, 0.6) is 0 Å². The van der Waals surface area contributed by atoms with E-state index < -0.39 is 10.0 Å². The number of benzene rings is 1. The molecule has 1 aromatic rings. The summed E-state index contributed by atoms with van der Waals surface area (Å²) in [6, 6.07) is 4.64. The highest BCUT2D eigenvalue weighted by Crippen LogP contribution is 2.26. The van der Waals surface area contributed by atoms with Gasteiger partial charge in [0.15, 0.2) is 0 Å². The van der Waals surface area contributed by atoms with Crippen molar-refractivity contribution in [3.63, 3.8) is 0 Å². The fourth-order valence-electron chi connectivity index (χ4n) is 1.81. The molecular weight excluding hydrogens is 334 g/mol. The molecule has 0 radical (unpaired) electrons.